The molecule has 2 unspecified atom stereocenters. The number of carbonyl (C=O) groups excluding carboxylic acids is 1. The van der Waals surface area contributed by atoms with Gasteiger partial charge in [0.25, 0.3) is 0 Å². The molecule has 0 bridgehead atoms. The molecule has 4 heterocycles. The smallest absolute Gasteiger partial charge is 0.407 e. The van der Waals surface area contributed by atoms with E-state index in [0.717, 1.165) is 44.1 Å². The largest absolute Gasteiger partial charge is 0.447 e. The average molecular weight is 397 g/mol. The first kappa shape index (κ1) is 18.4. The Morgan fingerprint density at radius 1 is 1.17 bits per heavy atom. The van der Waals surface area contributed by atoms with Gasteiger partial charge in [0.2, 0.25) is 5.95 Å². The molecule has 2 fully saturated rings. The third kappa shape index (κ3) is 3.25. The van der Waals surface area contributed by atoms with Gasteiger partial charge in [-0.1, -0.05) is 24.3 Å². The fourth-order valence-corrected chi connectivity index (χ4v) is 4.86. The first-order chi connectivity index (χ1) is 14.0. The number of hydrogen-bond donors (Lipinski definition) is 1. The second-order valence-corrected chi connectivity index (χ2v) is 8.57. The monoisotopic (exact) mass is 397 g/mol. The molecule has 5 rings (SSSR count). The number of benzene rings is 1. The summed E-state index contributed by atoms with van der Waals surface area (Å²) in [5.74, 6) is 2.16. The van der Waals surface area contributed by atoms with Crippen molar-refractivity contribution in [2.45, 2.75) is 44.4 Å². The predicted octanol–water partition coefficient (Wildman–Crippen LogP) is 2.34. The molecule has 29 heavy (non-hydrogen) atoms. The zero-order valence-electron chi connectivity index (χ0n) is 16.9. The molecule has 8 heteroatoms. The van der Waals surface area contributed by atoms with Crippen molar-refractivity contribution in [2.75, 3.05) is 24.6 Å². The SMILES string of the molecule is Cn1c(C2Cc3ccccc3CO2)nnc1N1CCC(C2(C)COC(=O)N2)CC1. The molecular weight excluding hydrogens is 370 g/mol. The van der Waals surface area contributed by atoms with Gasteiger partial charge < -0.3 is 19.7 Å². The number of carbonyl (C=O) groups is 1. The van der Waals surface area contributed by atoms with Gasteiger partial charge in [-0.2, -0.15) is 0 Å². The first-order valence-corrected chi connectivity index (χ1v) is 10.3. The highest BCUT2D eigenvalue weighted by Crippen LogP contribution is 2.34. The minimum atomic E-state index is -0.304. The molecule has 0 radical (unpaired) electrons. The normalized spacial score (nSPS) is 27.4. The lowest BCUT2D eigenvalue weighted by atomic mass is 9.80. The van der Waals surface area contributed by atoms with E-state index < -0.39 is 0 Å². The summed E-state index contributed by atoms with van der Waals surface area (Å²) in [7, 11) is 2.02. The summed E-state index contributed by atoms with van der Waals surface area (Å²) in [5.41, 5.74) is 2.31. The van der Waals surface area contributed by atoms with Gasteiger partial charge in [0.15, 0.2) is 5.82 Å². The molecular formula is C21H27N5O3. The van der Waals surface area contributed by atoms with Crippen molar-refractivity contribution >= 4 is 12.0 Å². The molecule has 3 aliphatic rings. The van der Waals surface area contributed by atoms with Crippen LogP contribution in [0.25, 0.3) is 0 Å². The molecule has 1 amide bonds. The number of fused-ring (bicyclic) bond motifs is 1. The van der Waals surface area contributed by atoms with E-state index in [1.807, 2.05) is 7.05 Å². The number of aromatic nitrogens is 3. The lowest BCUT2D eigenvalue weighted by Gasteiger charge is -2.39. The number of nitrogens with one attached hydrogen (secondary N) is 1. The van der Waals surface area contributed by atoms with Crippen LogP contribution in [-0.2, 0) is 29.5 Å². The number of ether oxygens (including phenoxy) is 2. The van der Waals surface area contributed by atoms with E-state index in [1.54, 1.807) is 0 Å². The third-order valence-corrected chi connectivity index (χ3v) is 6.71. The summed E-state index contributed by atoms with van der Waals surface area (Å²) >= 11 is 0. The minimum absolute atomic E-state index is 0.0709. The Morgan fingerprint density at radius 3 is 2.66 bits per heavy atom. The standard InChI is InChI=1S/C21H27N5O3/c1-21(13-29-20(27)22-21)16-7-9-26(10-8-16)19-24-23-18(25(19)2)17-11-14-5-3-4-6-15(14)12-28-17/h3-6,16-17H,7-13H2,1-2H3,(H,22,27). The van der Waals surface area contributed by atoms with Gasteiger partial charge in [-0.05, 0) is 36.8 Å². The number of nitrogens with zero attached hydrogens (tertiary/aromatic N) is 4. The molecule has 154 valence electrons. The maximum absolute atomic E-state index is 11.5. The van der Waals surface area contributed by atoms with E-state index in [1.165, 1.54) is 11.1 Å². The molecule has 2 saturated heterocycles. The van der Waals surface area contributed by atoms with E-state index in [4.69, 9.17) is 9.47 Å². The Balaban J connectivity index is 1.27. The number of anilines is 1. The summed E-state index contributed by atoms with van der Waals surface area (Å²) in [6.07, 6.45) is 2.41. The zero-order chi connectivity index (χ0) is 20.0. The summed E-state index contributed by atoms with van der Waals surface area (Å²) in [5, 5.41) is 12.0. The van der Waals surface area contributed by atoms with Crippen molar-refractivity contribution in [3.63, 3.8) is 0 Å². The summed E-state index contributed by atoms with van der Waals surface area (Å²) in [6, 6.07) is 8.41. The summed E-state index contributed by atoms with van der Waals surface area (Å²) in [4.78, 5) is 13.8. The second-order valence-electron chi connectivity index (χ2n) is 8.57. The number of cyclic esters (lactones) is 1. The summed E-state index contributed by atoms with van der Waals surface area (Å²) < 4.78 is 13.3. The highest BCUT2D eigenvalue weighted by Gasteiger charge is 2.43. The van der Waals surface area contributed by atoms with Crippen LogP contribution in [0.3, 0.4) is 0 Å². The predicted molar refractivity (Wildman–Crippen MR) is 107 cm³/mol. The van der Waals surface area contributed by atoms with Crippen LogP contribution in [0, 0.1) is 5.92 Å². The number of amides is 1. The van der Waals surface area contributed by atoms with Crippen LogP contribution in [0.2, 0.25) is 0 Å². The second kappa shape index (κ2) is 7.02. The average Bonchev–Trinajstić information content (AvgIpc) is 3.30. The van der Waals surface area contributed by atoms with Crippen molar-refractivity contribution < 1.29 is 14.3 Å². The van der Waals surface area contributed by atoms with Crippen LogP contribution in [-0.4, -0.2) is 46.1 Å². The van der Waals surface area contributed by atoms with Crippen molar-refractivity contribution in [3.05, 3.63) is 41.2 Å². The van der Waals surface area contributed by atoms with Crippen LogP contribution in [0.15, 0.2) is 24.3 Å². The van der Waals surface area contributed by atoms with E-state index >= 15 is 0 Å². The van der Waals surface area contributed by atoms with Crippen LogP contribution in [0.1, 0.15) is 42.8 Å². The van der Waals surface area contributed by atoms with Gasteiger partial charge in [0.05, 0.1) is 12.1 Å². The number of piperidine rings is 1. The molecule has 0 aliphatic carbocycles. The Bertz CT molecular complexity index is 921. The fourth-order valence-electron chi connectivity index (χ4n) is 4.86. The molecule has 1 aromatic carbocycles. The molecule has 1 N–H and O–H groups in total. The van der Waals surface area contributed by atoms with Crippen molar-refractivity contribution in [1.29, 1.82) is 0 Å². The van der Waals surface area contributed by atoms with Crippen molar-refractivity contribution in [2.24, 2.45) is 13.0 Å². The van der Waals surface area contributed by atoms with E-state index in [-0.39, 0.29) is 17.7 Å². The molecule has 0 spiro atoms. The molecule has 8 nitrogen and oxygen atoms in total. The Labute approximate surface area is 170 Å². The topological polar surface area (TPSA) is 81.5 Å². The highest BCUT2D eigenvalue weighted by molar-refractivity contribution is 5.70. The Kier molecular flexibility index (Phi) is 4.46. The van der Waals surface area contributed by atoms with Crippen LogP contribution in [0.5, 0.6) is 0 Å². The Morgan fingerprint density at radius 2 is 1.93 bits per heavy atom. The van der Waals surface area contributed by atoms with Gasteiger partial charge in [0, 0.05) is 26.6 Å². The highest BCUT2D eigenvalue weighted by atomic mass is 16.6. The van der Waals surface area contributed by atoms with E-state index in [0.29, 0.717) is 19.1 Å². The molecule has 2 atom stereocenters. The van der Waals surface area contributed by atoms with Gasteiger partial charge in [-0.3, -0.25) is 4.57 Å². The number of alkyl carbamates (subject to hydrolysis) is 1. The van der Waals surface area contributed by atoms with E-state index in [2.05, 4.69) is 56.2 Å². The number of rotatable bonds is 3. The van der Waals surface area contributed by atoms with E-state index in [9.17, 15) is 4.79 Å². The Hall–Kier alpha value is -2.61. The van der Waals surface area contributed by atoms with Gasteiger partial charge in [-0.25, -0.2) is 4.79 Å². The lowest BCUT2D eigenvalue weighted by Crippen LogP contribution is -2.51. The summed E-state index contributed by atoms with van der Waals surface area (Å²) in [6.45, 7) is 4.91. The molecule has 3 aliphatic heterocycles. The van der Waals surface area contributed by atoms with Crippen molar-refractivity contribution in [1.82, 2.24) is 20.1 Å². The molecule has 0 saturated carbocycles. The molecule has 1 aromatic heterocycles. The van der Waals surface area contributed by atoms with Crippen LogP contribution >= 0.6 is 0 Å². The zero-order valence-corrected chi connectivity index (χ0v) is 16.9. The van der Waals surface area contributed by atoms with Gasteiger partial charge in [-0.15, -0.1) is 10.2 Å². The van der Waals surface area contributed by atoms with Gasteiger partial charge >= 0.3 is 6.09 Å². The third-order valence-electron chi connectivity index (χ3n) is 6.71. The van der Waals surface area contributed by atoms with Crippen LogP contribution in [0.4, 0.5) is 10.7 Å². The first-order valence-electron chi connectivity index (χ1n) is 10.3. The van der Waals surface area contributed by atoms with Crippen molar-refractivity contribution in [3.8, 4) is 0 Å². The van der Waals surface area contributed by atoms with Crippen LogP contribution < -0.4 is 10.2 Å². The fraction of sp³-hybridized carbons (Fsp3) is 0.571. The molecule has 2 aromatic rings. The van der Waals surface area contributed by atoms with Gasteiger partial charge in [0.1, 0.15) is 12.7 Å². The quantitative estimate of drug-likeness (QED) is 0.856. The lowest BCUT2D eigenvalue weighted by molar-refractivity contribution is 0.0199. The number of hydrogen-bond acceptors (Lipinski definition) is 6. The maximum Gasteiger partial charge on any atom is 0.407 e. The maximum atomic E-state index is 11.5. The minimum Gasteiger partial charge on any atom is -0.447 e.